The number of aromatic hydroxyl groups is 1. The van der Waals surface area contributed by atoms with E-state index in [2.05, 4.69) is 4.90 Å². The number of carbonyl (C=O) groups excluding carboxylic acids is 1. The molecule has 2 unspecified atom stereocenters. The summed E-state index contributed by atoms with van der Waals surface area (Å²) < 4.78 is 5.49. The SMILES string of the molecule is O=C(CCc1ccc(O)cc1)N1CCC(N2CCOCC2)C(CCCO)C1. The van der Waals surface area contributed by atoms with Crippen molar-refractivity contribution in [2.75, 3.05) is 46.0 Å². The van der Waals surface area contributed by atoms with Crippen LogP contribution in [0.2, 0.25) is 0 Å². The fourth-order valence-corrected chi connectivity index (χ4v) is 4.35. The third kappa shape index (κ3) is 5.67. The number of phenolic OH excluding ortho intramolecular Hbond substituents is 1. The van der Waals surface area contributed by atoms with E-state index in [0.717, 1.165) is 64.2 Å². The third-order valence-electron chi connectivity index (χ3n) is 5.86. The largest absolute Gasteiger partial charge is 0.508 e. The van der Waals surface area contributed by atoms with Crippen LogP contribution in [0.4, 0.5) is 0 Å². The maximum Gasteiger partial charge on any atom is 0.222 e. The maximum absolute atomic E-state index is 12.7. The van der Waals surface area contributed by atoms with Gasteiger partial charge in [-0.3, -0.25) is 9.69 Å². The first kappa shape index (κ1) is 20.1. The molecule has 3 rings (SSSR count). The van der Waals surface area contributed by atoms with Crippen LogP contribution in [-0.4, -0.2) is 78.0 Å². The number of aliphatic hydroxyl groups is 1. The number of nitrogens with zero attached hydrogens (tertiary/aromatic N) is 2. The van der Waals surface area contributed by atoms with Crippen molar-refractivity contribution in [3.8, 4) is 5.75 Å². The number of ether oxygens (including phenoxy) is 1. The van der Waals surface area contributed by atoms with E-state index < -0.39 is 0 Å². The number of hydrogen-bond donors (Lipinski definition) is 2. The molecule has 2 aliphatic heterocycles. The Kier molecular flexibility index (Phi) is 7.50. The number of benzene rings is 1. The number of aliphatic hydroxyl groups excluding tert-OH is 1. The Morgan fingerprint density at radius 2 is 1.89 bits per heavy atom. The highest BCUT2D eigenvalue weighted by molar-refractivity contribution is 5.76. The molecule has 2 atom stereocenters. The molecule has 27 heavy (non-hydrogen) atoms. The minimum absolute atomic E-state index is 0.206. The lowest BCUT2D eigenvalue weighted by Gasteiger charge is -2.45. The number of morpholine rings is 1. The first-order valence-electron chi connectivity index (χ1n) is 10.2. The standard InChI is InChI=1S/C21H32N2O4/c24-13-1-2-18-16-23(10-9-20(18)22-11-14-27-15-12-22)21(26)8-5-17-3-6-19(25)7-4-17/h3-4,6-7,18,20,24-25H,1-2,5,8-16H2. The molecule has 2 fully saturated rings. The highest BCUT2D eigenvalue weighted by Crippen LogP contribution is 2.27. The van der Waals surface area contributed by atoms with Crippen LogP contribution in [0.3, 0.4) is 0 Å². The van der Waals surface area contributed by atoms with Gasteiger partial charge >= 0.3 is 0 Å². The molecule has 1 aromatic carbocycles. The van der Waals surface area contributed by atoms with Gasteiger partial charge in [0.2, 0.25) is 5.91 Å². The Morgan fingerprint density at radius 3 is 2.59 bits per heavy atom. The van der Waals surface area contributed by atoms with Gasteiger partial charge in [0.15, 0.2) is 0 Å². The monoisotopic (exact) mass is 376 g/mol. The Hall–Kier alpha value is -1.63. The normalized spacial score (nSPS) is 24.1. The second-order valence-electron chi connectivity index (χ2n) is 7.64. The summed E-state index contributed by atoms with van der Waals surface area (Å²) in [6, 6.07) is 7.56. The lowest BCUT2D eigenvalue weighted by Crippen LogP contribution is -2.55. The van der Waals surface area contributed by atoms with Gasteiger partial charge in [-0.05, 0) is 49.3 Å². The number of rotatable bonds is 7. The van der Waals surface area contributed by atoms with E-state index >= 15 is 0 Å². The highest BCUT2D eigenvalue weighted by Gasteiger charge is 2.34. The minimum atomic E-state index is 0.206. The van der Waals surface area contributed by atoms with Crippen molar-refractivity contribution in [2.45, 2.75) is 38.1 Å². The van der Waals surface area contributed by atoms with Gasteiger partial charge in [0.05, 0.1) is 13.2 Å². The number of hydrogen-bond acceptors (Lipinski definition) is 5. The van der Waals surface area contributed by atoms with E-state index in [0.29, 0.717) is 24.8 Å². The summed E-state index contributed by atoms with van der Waals surface area (Å²) in [6.45, 7) is 5.32. The number of likely N-dealkylation sites (tertiary alicyclic amines) is 1. The molecule has 1 amide bonds. The maximum atomic E-state index is 12.7. The summed E-state index contributed by atoms with van der Waals surface area (Å²) in [5.41, 5.74) is 1.07. The topological polar surface area (TPSA) is 73.2 Å². The molecular formula is C21H32N2O4. The van der Waals surface area contributed by atoms with Crippen molar-refractivity contribution in [3.05, 3.63) is 29.8 Å². The van der Waals surface area contributed by atoms with Gasteiger partial charge in [-0.25, -0.2) is 0 Å². The van der Waals surface area contributed by atoms with Gasteiger partial charge in [-0.1, -0.05) is 12.1 Å². The summed E-state index contributed by atoms with van der Waals surface area (Å²) in [4.78, 5) is 17.3. The van der Waals surface area contributed by atoms with Crippen LogP contribution in [0.5, 0.6) is 5.75 Å². The van der Waals surface area contributed by atoms with Crippen LogP contribution in [0.25, 0.3) is 0 Å². The fraction of sp³-hybridized carbons (Fsp3) is 0.667. The third-order valence-corrected chi connectivity index (χ3v) is 5.86. The molecule has 0 aliphatic carbocycles. The van der Waals surface area contributed by atoms with Crippen molar-refractivity contribution < 1.29 is 19.7 Å². The molecule has 2 heterocycles. The average molecular weight is 376 g/mol. The van der Waals surface area contributed by atoms with Crippen molar-refractivity contribution in [3.63, 3.8) is 0 Å². The van der Waals surface area contributed by atoms with Crippen molar-refractivity contribution in [2.24, 2.45) is 5.92 Å². The number of amides is 1. The summed E-state index contributed by atoms with van der Waals surface area (Å²) in [6.07, 6.45) is 3.95. The average Bonchev–Trinajstić information content (AvgIpc) is 2.72. The van der Waals surface area contributed by atoms with E-state index in [1.165, 1.54) is 0 Å². The van der Waals surface area contributed by atoms with Crippen LogP contribution < -0.4 is 0 Å². The Bertz CT molecular complexity index is 586. The van der Waals surface area contributed by atoms with Crippen LogP contribution in [0.1, 0.15) is 31.2 Å². The number of carbonyl (C=O) groups is 1. The van der Waals surface area contributed by atoms with E-state index in [1.807, 2.05) is 17.0 Å². The highest BCUT2D eigenvalue weighted by atomic mass is 16.5. The van der Waals surface area contributed by atoms with Crippen molar-refractivity contribution in [1.82, 2.24) is 9.80 Å². The molecule has 0 saturated carbocycles. The van der Waals surface area contributed by atoms with E-state index in [9.17, 15) is 15.0 Å². The first-order chi connectivity index (χ1) is 13.2. The molecular weight excluding hydrogens is 344 g/mol. The summed E-state index contributed by atoms with van der Waals surface area (Å²) in [7, 11) is 0. The lowest BCUT2D eigenvalue weighted by atomic mass is 9.86. The van der Waals surface area contributed by atoms with Gasteiger partial charge in [0.1, 0.15) is 5.75 Å². The second kappa shape index (κ2) is 10.1. The van der Waals surface area contributed by atoms with Gasteiger partial charge in [0.25, 0.3) is 0 Å². The van der Waals surface area contributed by atoms with Crippen molar-refractivity contribution >= 4 is 5.91 Å². The predicted octanol–water partition coefficient (Wildman–Crippen LogP) is 1.65. The molecule has 2 aliphatic rings. The first-order valence-corrected chi connectivity index (χ1v) is 10.2. The zero-order chi connectivity index (χ0) is 19.1. The number of piperidine rings is 1. The van der Waals surface area contributed by atoms with Gasteiger partial charge < -0.3 is 19.8 Å². The number of aryl methyl sites for hydroxylation is 1. The second-order valence-corrected chi connectivity index (χ2v) is 7.64. The van der Waals surface area contributed by atoms with Crippen LogP contribution >= 0.6 is 0 Å². The fourth-order valence-electron chi connectivity index (χ4n) is 4.35. The summed E-state index contributed by atoms with van der Waals surface area (Å²) in [5, 5.41) is 18.6. The summed E-state index contributed by atoms with van der Waals surface area (Å²) >= 11 is 0. The smallest absolute Gasteiger partial charge is 0.222 e. The van der Waals surface area contributed by atoms with Crippen LogP contribution in [0.15, 0.2) is 24.3 Å². The molecule has 0 bridgehead atoms. The molecule has 6 heteroatoms. The minimum Gasteiger partial charge on any atom is -0.508 e. The molecule has 2 N–H and O–H groups in total. The lowest BCUT2D eigenvalue weighted by molar-refractivity contribution is -0.134. The number of phenols is 1. The van der Waals surface area contributed by atoms with Crippen LogP contribution in [-0.2, 0) is 16.0 Å². The molecule has 150 valence electrons. The quantitative estimate of drug-likeness (QED) is 0.757. The molecule has 6 nitrogen and oxygen atoms in total. The summed E-state index contributed by atoms with van der Waals surface area (Å²) in [5.74, 6) is 0.876. The zero-order valence-corrected chi connectivity index (χ0v) is 16.1. The Morgan fingerprint density at radius 1 is 1.15 bits per heavy atom. The molecule has 0 aromatic heterocycles. The molecule has 0 spiro atoms. The predicted molar refractivity (Wildman–Crippen MR) is 104 cm³/mol. The Balaban J connectivity index is 1.54. The zero-order valence-electron chi connectivity index (χ0n) is 16.1. The van der Waals surface area contributed by atoms with Crippen LogP contribution in [0, 0.1) is 5.92 Å². The van der Waals surface area contributed by atoms with Gasteiger partial charge in [0, 0.05) is 45.2 Å². The van der Waals surface area contributed by atoms with Gasteiger partial charge in [-0.2, -0.15) is 0 Å². The van der Waals surface area contributed by atoms with E-state index in [1.54, 1.807) is 12.1 Å². The molecule has 2 saturated heterocycles. The van der Waals surface area contributed by atoms with Gasteiger partial charge in [-0.15, -0.1) is 0 Å². The Labute approximate surface area is 161 Å². The molecule has 1 aromatic rings. The van der Waals surface area contributed by atoms with E-state index in [4.69, 9.17) is 4.74 Å². The van der Waals surface area contributed by atoms with Crippen molar-refractivity contribution in [1.29, 1.82) is 0 Å². The molecule has 0 radical (unpaired) electrons. The van der Waals surface area contributed by atoms with E-state index in [-0.39, 0.29) is 18.3 Å².